The molecule has 0 unspecified atom stereocenters. The van der Waals surface area contributed by atoms with Crippen LogP contribution >= 0.6 is 0 Å². The lowest BCUT2D eigenvalue weighted by Gasteiger charge is -2.23. The molecule has 1 rings (SSSR count). The summed E-state index contributed by atoms with van der Waals surface area (Å²) < 4.78 is 0. The van der Waals surface area contributed by atoms with E-state index in [1.54, 1.807) is 0 Å². The van der Waals surface area contributed by atoms with Crippen LogP contribution in [-0.2, 0) is 0 Å². The largest absolute Gasteiger partial charge is 0.317 e. The van der Waals surface area contributed by atoms with Crippen molar-refractivity contribution in [1.82, 2.24) is 10.6 Å². The molecule has 0 bridgehead atoms. The van der Waals surface area contributed by atoms with Crippen molar-refractivity contribution in [3.8, 4) is 0 Å². The van der Waals surface area contributed by atoms with E-state index in [1.807, 2.05) is 0 Å². The van der Waals surface area contributed by atoms with Crippen molar-refractivity contribution in [3.63, 3.8) is 0 Å². The van der Waals surface area contributed by atoms with Gasteiger partial charge in [0.15, 0.2) is 0 Å². The lowest BCUT2D eigenvalue weighted by molar-refractivity contribution is 0.385. The average molecular weight is 156 g/mol. The highest BCUT2D eigenvalue weighted by Gasteiger charge is 2.10. The van der Waals surface area contributed by atoms with E-state index in [4.69, 9.17) is 0 Å². The summed E-state index contributed by atoms with van der Waals surface area (Å²) >= 11 is 0. The van der Waals surface area contributed by atoms with Crippen LogP contribution in [0.1, 0.15) is 32.6 Å². The number of unbranched alkanes of at least 4 members (excludes halogenated alkanes) is 1. The second-order valence-electron chi connectivity index (χ2n) is 3.33. The highest BCUT2D eigenvalue weighted by Crippen LogP contribution is 2.01. The maximum absolute atomic E-state index is 3.58. The first kappa shape index (κ1) is 9.01. The van der Waals surface area contributed by atoms with E-state index in [9.17, 15) is 0 Å². The molecule has 0 radical (unpaired) electrons. The van der Waals surface area contributed by atoms with Gasteiger partial charge in [-0.3, -0.25) is 0 Å². The summed E-state index contributed by atoms with van der Waals surface area (Å²) in [6.07, 6.45) is 5.25. The Bertz CT molecular complexity index is 87.6. The number of rotatable bonds is 4. The van der Waals surface area contributed by atoms with Gasteiger partial charge in [0.1, 0.15) is 0 Å². The minimum absolute atomic E-state index is 0.794. The molecule has 2 nitrogen and oxygen atoms in total. The molecule has 0 aliphatic carbocycles. The van der Waals surface area contributed by atoms with Gasteiger partial charge >= 0.3 is 0 Å². The minimum Gasteiger partial charge on any atom is -0.317 e. The fourth-order valence-corrected chi connectivity index (χ4v) is 1.51. The molecule has 0 spiro atoms. The minimum atomic E-state index is 0.794. The Balaban J connectivity index is 1.96. The molecular formula is C9H20N2. The number of nitrogens with one attached hydrogen (secondary N) is 2. The van der Waals surface area contributed by atoms with Crippen LogP contribution in [0.3, 0.4) is 0 Å². The van der Waals surface area contributed by atoms with Gasteiger partial charge in [-0.1, -0.05) is 13.3 Å². The fourth-order valence-electron chi connectivity index (χ4n) is 1.51. The lowest BCUT2D eigenvalue weighted by Crippen LogP contribution is -2.40. The van der Waals surface area contributed by atoms with Crippen molar-refractivity contribution < 1.29 is 0 Å². The van der Waals surface area contributed by atoms with E-state index in [0.717, 1.165) is 6.04 Å². The molecule has 0 atom stereocenters. The van der Waals surface area contributed by atoms with E-state index in [1.165, 1.54) is 45.3 Å². The Morgan fingerprint density at radius 1 is 1.36 bits per heavy atom. The Kier molecular flexibility index (Phi) is 4.55. The van der Waals surface area contributed by atoms with E-state index in [2.05, 4.69) is 17.6 Å². The van der Waals surface area contributed by atoms with Crippen molar-refractivity contribution in [3.05, 3.63) is 0 Å². The monoisotopic (exact) mass is 156 g/mol. The summed E-state index contributed by atoms with van der Waals surface area (Å²) in [5, 5.41) is 6.95. The maximum Gasteiger partial charge on any atom is 0.00912 e. The second kappa shape index (κ2) is 5.56. The third-order valence-corrected chi connectivity index (χ3v) is 2.30. The van der Waals surface area contributed by atoms with E-state index in [-0.39, 0.29) is 0 Å². The van der Waals surface area contributed by atoms with E-state index in [0.29, 0.717) is 0 Å². The van der Waals surface area contributed by atoms with Gasteiger partial charge in [0.2, 0.25) is 0 Å². The Morgan fingerprint density at radius 3 is 2.73 bits per heavy atom. The summed E-state index contributed by atoms with van der Waals surface area (Å²) in [4.78, 5) is 0. The zero-order valence-corrected chi connectivity index (χ0v) is 7.53. The van der Waals surface area contributed by atoms with Gasteiger partial charge in [-0.2, -0.15) is 0 Å². The van der Waals surface area contributed by atoms with E-state index < -0.39 is 0 Å². The molecule has 66 valence electrons. The third-order valence-electron chi connectivity index (χ3n) is 2.30. The van der Waals surface area contributed by atoms with Gasteiger partial charge in [0, 0.05) is 6.04 Å². The van der Waals surface area contributed by atoms with Gasteiger partial charge < -0.3 is 10.6 Å². The van der Waals surface area contributed by atoms with Crippen molar-refractivity contribution in [2.45, 2.75) is 38.6 Å². The highest BCUT2D eigenvalue weighted by atomic mass is 15.0. The molecule has 0 amide bonds. The van der Waals surface area contributed by atoms with Crippen molar-refractivity contribution in [2.75, 3.05) is 19.6 Å². The van der Waals surface area contributed by atoms with Gasteiger partial charge in [-0.15, -0.1) is 0 Å². The average Bonchev–Trinajstić information content (AvgIpc) is 2.07. The fraction of sp³-hybridized carbons (Fsp3) is 1.00. The summed E-state index contributed by atoms with van der Waals surface area (Å²) in [7, 11) is 0. The van der Waals surface area contributed by atoms with Crippen LogP contribution in [0.25, 0.3) is 0 Å². The van der Waals surface area contributed by atoms with Crippen LogP contribution in [0.5, 0.6) is 0 Å². The molecule has 1 heterocycles. The SMILES string of the molecule is CCCCNC1CCNCC1. The molecule has 11 heavy (non-hydrogen) atoms. The van der Waals surface area contributed by atoms with Crippen LogP contribution in [-0.4, -0.2) is 25.7 Å². The van der Waals surface area contributed by atoms with Gasteiger partial charge in [-0.05, 0) is 38.9 Å². The van der Waals surface area contributed by atoms with Crippen LogP contribution in [0.4, 0.5) is 0 Å². The molecule has 0 aromatic heterocycles. The smallest absolute Gasteiger partial charge is 0.00912 e. The third kappa shape index (κ3) is 3.73. The van der Waals surface area contributed by atoms with Crippen LogP contribution in [0.2, 0.25) is 0 Å². The molecule has 2 heteroatoms. The molecule has 1 saturated heterocycles. The van der Waals surface area contributed by atoms with Crippen molar-refractivity contribution in [1.29, 1.82) is 0 Å². The molecule has 0 aromatic rings. The lowest BCUT2D eigenvalue weighted by atomic mass is 10.1. The second-order valence-corrected chi connectivity index (χ2v) is 3.33. The number of piperidine rings is 1. The summed E-state index contributed by atoms with van der Waals surface area (Å²) in [5.74, 6) is 0. The summed E-state index contributed by atoms with van der Waals surface area (Å²) in [6.45, 7) is 5.85. The van der Waals surface area contributed by atoms with E-state index >= 15 is 0 Å². The summed E-state index contributed by atoms with van der Waals surface area (Å²) in [6, 6.07) is 0.794. The van der Waals surface area contributed by atoms with Crippen LogP contribution < -0.4 is 10.6 Å². The molecule has 1 fully saturated rings. The zero-order valence-electron chi connectivity index (χ0n) is 7.53. The Morgan fingerprint density at radius 2 is 2.09 bits per heavy atom. The van der Waals surface area contributed by atoms with Crippen LogP contribution in [0, 0.1) is 0 Å². The van der Waals surface area contributed by atoms with Crippen LogP contribution in [0.15, 0.2) is 0 Å². The zero-order chi connectivity index (χ0) is 7.94. The Labute approximate surface area is 69.8 Å². The molecule has 1 aliphatic heterocycles. The predicted molar refractivity (Wildman–Crippen MR) is 48.8 cm³/mol. The molecular weight excluding hydrogens is 136 g/mol. The maximum atomic E-state index is 3.58. The first-order valence-electron chi connectivity index (χ1n) is 4.87. The number of hydrogen-bond donors (Lipinski definition) is 2. The summed E-state index contributed by atoms with van der Waals surface area (Å²) in [5.41, 5.74) is 0. The first-order chi connectivity index (χ1) is 5.43. The van der Waals surface area contributed by atoms with Gasteiger partial charge in [0.25, 0.3) is 0 Å². The molecule has 1 aliphatic rings. The predicted octanol–water partition coefficient (Wildman–Crippen LogP) is 1.13. The number of hydrogen-bond acceptors (Lipinski definition) is 2. The van der Waals surface area contributed by atoms with Gasteiger partial charge in [0.05, 0.1) is 0 Å². The standard InChI is InChI=1S/C9H20N2/c1-2-3-6-11-9-4-7-10-8-5-9/h9-11H,2-8H2,1H3. The van der Waals surface area contributed by atoms with Crippen molar-refractivity contribution >= 4 is 0 Å². The highest BCUT2D eigenvalue weighted by molar-refractivity contribution is 4.73. The van der Waals surface area contributed by atoms with Crippen molar-refractivity contribution in [2.24, 2.45) is 0 Å². The first-order valence-corrected chi connectivity index (χ1v) is 4.87. The van der Waals surface area contributed by atoms with Gasteiger partial charge in [-0.25, -0.2) is 0 Å². The molecule has 2 N–H and O–H groups in total. The quantitative estimate of drug-likeness (QED) is 0.596. The molecule has 0 saturated carbocycles. The topological polar surface area (TPSA) is 24.1 Å². The normalized spacial score (nSPS) is 20.5. The molecule has 0 aromatic carbocycles. The Hall–Kier alpha value is -0.0800.